The molecule has 1 aliphatic heterocycles. The number of carbonyl (C=O) groups is 1. The summed E-state index contributed by atoms with van der Waals surface area (Å²) < 4.78 is 4.99. The summed E-state index contributed by atoms with van der Waals surface area (Å²) in [5.41, 5.74) is 0.699. The largest absolute Gasteiger partial charge is 0.383 e. The third-order valence-corrected chi connectivity index (χ3v) is 4.05. The number of amides is 1. The molecule has 0 unspecified atom stereocenters. The Morgan fingerprint density at radius 1 is 1.53 bits per heavy atom. The Morgan fingerprint density at radius 3 is 3.00 bits per heavy atom. The number of hydrogen-bond donors (Lipinski definition) is 0. The van der Waals surface area contributed by atoms with Gasteiger partial charge in [-0.3, -0.25) is 9.69 Å². The average Bonchev–Trinajstić information content (AvgIpc) is 2.85. The standard InChI is InChI=1S/C13H17N3O2S/c1-18-5-4-16-3-2-15(9-13(16)17)8-12-6-11(7-14)10-19-12/h6,10H,2-5,8-9H2,1H3. The molecule has 2 heterocycles. The summed E-state index contributed by atoms with van der Waals surface area (Å²) in [6.45, 7) is 4.07. The lowest BCUT2D eigenvalue weighted by atomic mass is 10.2. The topological polar surface area (TPSA) is 56.6 Å². The summed E-state index contributed by atoms with van der Waals surface area (Å²) in [6.07, 6.45) is 0. The van der Waals surface area contributed by atoms with Gasteiger partial charge >= 0.3 is 0 Å². The van der Waals surface area contributed by atoms with Gasteiger partial charge in [-0.15, -0.1) is 11.3 Å². The SMILES string of the molecule is COCCN1CCN(Cc2cc(C#N)cs2)CC1=O. The van der Waals surface area contributed by atoms with Crippen LogP contribution in [0.3, 0.4) is 0 Å². The van der Waals surface area contributed by atoms with E-state index in [0.717, 1.165) is 24.5 Å². The number of nitriles is 1. The van der Waals surface area contributed by atoms with Crippen LogP contribution in [0.1, 0.15) is 10.4 Å². The summed E-state index contributed by atoms with van der Waals surface area (Å²) in [4.78, 5) is 17.0. The molecule has 6 heteroatoms. The molecule has 0 N–H and O–H groups in total. The monoisotopic (exact) mass is 279 g/mol. The maximum atomic E-state index is 11.9. The van der Waals surface area contributed by atoms with Crippen molar-refractivity contribution in [1.82, 2.24) is 9.80 Å². The van der Waals surface area contributed by atoms with E-state index in [0.29, 0.717) is 25.3 Å². The van der Waals surface area contributed by atoms with Gasteiger partial charge in [-0.05, 0) is 6.07 Å². The molecule has 0 atom stereocenters. The van der Waals surface area contributed by atoms with Crippen molar-refractivity contribution < 1.29 is 9.53 Å². The van der Waals surface area contributed by atoms with E-state index in [2.05, 4.69) is 11.0 Å². The van der Waals surface area contributed by atoms with Gasteiger partial charge in [0.2, 0.25) is 5.91 Å². The summed E-state index contributed by atoms with van der Waals surface area (Å²) in [5.74, 6) is 0.153. The van der Waals surface area contributed by atoms with Gasteiger partial charge < -0.3 is 9.64 Å². The number of methoxy groups -OCH3 is 1. The highest BCUT2D eigenvalue weighted by Crippen LogP contribution is 2.17. The molecule has 19 heavy (non-hydrogen) atoms. The Hall–Kier alpha value is -1.42. The first kappa shape index (κ1) is 14.0. The molecule has 102 valence electrons. The molecule has 0 aromatic carbocycles. The lowest BCUT2D eigenvalue weighted by Crippen LogP contribution is -2.50. The van der Waals surface area contributed by atoms with Crippen LogP contribution in [0.5, 0.6) is 0 Å². The highest BCUT2D eigenvalue weighted by Gasteiger charge is 2.23. The molecule has 1 saturated heterocycles. The quantitative estimate of drug-likeness (QED) is 0.804. The zero-order chi connectivity index (χ0) is 13.7. The zero-order valence-corrected chi connectivity index (χ0v) is 11.8. The van der Waals surface area contributed by atoms with Gasteiger partial charge in [-0.1, -0.05) is 0 Å². The second-order valence-corrected chi connectivity index (χ2v) is 5.49. The summed E-state index contributed by atoms with van der Waals surface area (Å²) >= 11 is 1.57. The van der Waals surface area contributed by atoms with Crippen molar-refractivity contribution in [2.75, 3.05) is 39.9 Å². The Balaban J connectivity index is 1.85. The first-order chi connectivity index (χ1) is 9.22. The molecule has 0 radical (unpaired) electrons. The fourth-order valence-corrected chi connectivity index (χ4v) is 2.92. The number of nitrogens with zero attached hydrogens (tertiary/aromatic N) is 3. The highest BCUT2D eigenvalue weighted by atomic mass is 32.1. The van der Waals surface area contributed by atoms with Crippen LogP contribution in [0.4, 0.5) is 0 Å². The minimum atomic E-state index is 0.153. The maximum Gasteiger partial charge on any atom is 0.236 e. The van der Waals surface area contributed by atoms with Crippen LogP contribution in [-0.4, -0.2) is 55.6 Å². The Bertz CT molecular complexity index is 480. The van der Waals surface area contributed by atoms with Gasteiger partial charge in [-0.2, -0.15) is 5.26 Å². The number of rotatable bonds is 5. The molecule has 5 nitrogen and oxygen atoms in total. The Labute approximate surface area is 117 Å². The van der Waals surface area contributed by atoms with Crippen molar-refractivity contribution in [3.8, 4) is 6.07 Å². The molecule has 0 aliphatic carbocycles. The van der Waals surface area contributed by atoms with Crippen molar-refractivity contribution in [2.45, 2.75) is 6.54 Å². The van der Waals surface area contributed by atoms with Gasteiger partial charge in [0.15, 0.2) is 0 Å². The van der Waals surface area contributed by atoms with Gasteiger partial charge in [-0.25, -0.2) is 0 Å². The predicted octanol–water partition coefficient (Wildman–Crippen LogP) is 0.910. The van der Waals surface area contributed by atoms with Crippen LogP contribution in [0, 0.1) is 11.3 Å². The molecule has 1 amide bonds. The molecule has 1 fully saturated rings. The second kappa shape index (κ2) is 6.66. The van der Waals surface area contributed by atoms with E-state index in [1.807, 2.05) is 16.3 Å². The van der Waals surface area contributed by atoms with Crippen molar-refractivity contribution in [3.63, 3.8) is 0 Å². The van der Waals surface area contributed by atoms with Crippen molar-refractivity contribution in [1.29, 1.82) is 5.26 Å². The fraction of sp³-hybridized carbons (Fsp3) is 0.538. The Morgan fingerprint density at radius 2 is 2.37 bits per heavy atom. The number of thiophene rings is 1. The van der Waals surface area contributed by atoms with Crippen LogP contribution < -0.4 is 0 Å². The van der Waals surface area contributed by atoms with E-state index in [1.165, 1.54) is 0 Å². The van der Waals surface area contributed by atoms with Crippen LogP contribution in [0.15, 0.2) is 11.4 Å². The van der Waals surface area contributed by atoms with Gasteiger partial charge in [0, 0.05) is 43.5 Å². The molecule has 1 aromatic heterocycles. The Kier molecular flexibility index (Phi) is 4.91. The minimum Gasteiger partial charge on any atom is -0.383 e. The molecule has 2 rings (SSSR count). The first-order valence-electron chi connectivity index (χ1n) is 6.19. The molecular formula is C13H17N3O2S. The fourth-order valence-electron chi connectivity index (χ4n) is 2.07. The van der Waals surface area contributed by atoms with Crippen molar-refractivity contribution in [2.24, 2.45) is 0 Å². The third kappa shape index (κ3) is 3.77. The predicted molar refractivity (Wildman–Crippen MR) is 72.8 cm³/mol. The molecule has 0 spiro atoms. The van der Waals surface area contributed by atoms with E-state index in [4.69, 9.17) is 10.00 Å². The normalized spacial score (nSPS) is 16.6. The molecular weight excluding hydrogens is 262 g/mol. The van der Waals surface area contributed by atoms with E-state index in [-0.39, 0.29) is 5.91 Å². The van der Waals surface area contributed by atoms with E-state index in [9.17, 15) is 4.79 Å². The number of piperazine rings is 1. The lowest BCUT2D eigenvalue weighted by Gasteiger charge is -2.33. The number of hydrogen-bond acceptors (Lipinski definition) is 5. The van der Waals surface area contributed by atoms with Crippen LogP contribution >= 0.6 is 11.3 Å². The van der Waals surface area contributed by atoms with E-state index in [1.54, 1.807) is 18.4 Å². The molecule has 0 saturated carbocycles. The van der Waals surface area contributed by atoms with Crippen LogP contribution in [-0.2, 0) is 16.1 Å². The molecule has 1 aliphatic rings. The van der Waals surface area contributed by atoms with Gasteiger partial charge in [0.1, 0.15) is 6.07 Å². The van der Waals surface area contributed by atoms with Crippen LogP contribution in [0.25, 0.3) is 0 Å². The van der Waals surface area contributed by atoms with Crippen molar-refractivity contribution in [3.05, 3.63) is 21.9 Å². The molecule has 0 bridgehead atoms. The smallest absolute Gasteiger partial charge is 0.236 e. The highest BCUT2D eigenvalue weighted by molar-refractivity contribution is 7.10. The number of carbonyl (C=O) groups excluding carboxylic acids is 1. The van der Waals surface area contributed by atoms with Gasteiger partial charge in [0.05, 0.1) is 18.7 Å². The van der Waals surface area contributed by atoms with E-state index >= 15 is 0 Å². The first-order valence-corrected chi connectivity index (χ1v) is 7.07. The minimum absolute atomic E-state index is 0.153. The lowest BCUT2D eigenvalue weighted by molar-refractivity contribution is -0.136. The summed E-state index contributed by atoms with van der Waals surface area (Å²) in [5, 5.41) is 10.6. The van der Waals surface area contributed by atoms with Gasteiger partial charge in [0.25, 0.3) is 0 Å². The third-order valence-electron chi connectivity index (χ3n) is 3.13. The number of ether oxygens (including phenoxy) is 1. The average molecular weight is 279 g/mol. The zero-order valence-electron chi connectivity index (χ0n) is 11.0. The van der Waals surface area contributed by atoms with Crippen LogP contribution in [0.2, 0.25) is 0 Å². The summed E-state index contributed by atoms with van der Waals surface area (Å²) in [6, 6.07) is 4.02. The second-order valence-electron chi connectivity index (χ2n) is 4.50. The van der Waals surface area contributed by atoms with E-state index < -0.39 is 0 Å². The maximum absolute atomic E-state index is 11.9. The summed E-state index contributed by atoms with van der Waals surface area (Å²) in [7, 11) is 1.64. The molecule has 1 aromatic rings. The van der Waals surface area contributed by atoms with Crippen molar-refractivity contribution >= 4 is 17.2 Å².